The van der Waals surface area contributed by atoms with E-state index < -0.39 is 0 Å². The number of rotatable bonds is 6. The molecular formula is C20H25N3O2S. The molecule has 1 saturated heterocycles. The molecule has 2 aromatic rings. The van der Waals surface area contributed by atoms with Crippen molar-refractivity contribution in [3.63, 3.8) is 0 Å². The first-order valence-electron chi connectivity index (χ1n) is 9.09. The Balaban J connectivity index is 1.63. The van der Waals surface area contributed by atoms with Gasteiger partial charge in [0.2, 0.25) is 11.8 Å². The smallest absolute Gasteiger partial charge is 0.228 e. The summed E-state index contributed by atoms with van der Waals surface area (Å²) in [6, 6.07) is 8.01. The number of thiazole rings is 1. The van der Waals surface area contributed by atoms with Gasteiger partial charge in [0.05, 0.1) is 23.2 Å². The van der Waals surface area contributed by atoms with Gasteiger partial charge in [0, 0.05) is 31.1 Å². The SMILES string of the molecule is CCc1ccc(N2CC(C(=O)N(C)Cc3csc(CC)n3)CC2=O)cc1. The summed E-state index contributed by atoms with van der Waals surface area (Å²) >= 11 is 1.63. The highest BCUT2D eigenvalue weighted by Crippen LogP contribution is 2.27. The lowest BCUT2D eigenvalue weighted by atomic mass is 10.1. The third-order valence-electron chi connectivity index (χ3n) is 4.81. The summed E-state index contributed by atoms with van der Waals surface area (Å²) in [6.07, 6.45) is 2.15. The van der Waals surface area contributed by atoms with Crippen molar-refractivity contribution >= 4 is 28.8 Å². The fourth-order valence-corrected chi connectivity index (χ4v) is 3.99. The van der Waals surface area contributed by atoms with Crippen molar-refractivity contribution in [2.24, 2.45) is 5.92 Å². The van der Waals surface area contributed by atoms with Crippen molar-refractivity contribution in [3.8, 4) is 0 Å². The summed E-state index contributed by atoms with van der Waals surface area (Å²) in [6.45, 7) is 5.12. The largest absolute Gasteiger partial charge is 0.340 e. The molecule has 0 aliphatic carbocycles. The van der Waals surface area contributed by atoms with Gasteiger partial charge in [-0.15, -0.1) is 11.3 Å². The van der Waals surface area contributed by atoms with Crippen molar-refractivity contribution < 1.29 is 9.59 Å². The van der Waals surface area contributed by atoms with Crippen LogP contribution >= 0.6 is 11.3 Å². The van der Waals surface area contributed by atoms with Crippen LogP contribution in [0.1, 0.15) is 36.5 Å². The Morgan fingerprint density at radius 2 is 2.00 bits per heavy atom. The number of aryl methyl sites for hydroxylation is 2. The Hall–Kier alpha value is -2.21. The van der Waals surface area contributed by atoms with Crippen molar-refractivity contribution in [2.45, 2.75) is 39.7 Å². The Morgan fingerprint density at radius 3 is 2.62 bits per heavy atom. The second kappa shape index (κ2) is 7.99. The molecule has 5 nitrogen and oxygen atoms in total. The summed E-state index contributed by atoms with van der Waals surface area (Å²) in [5.74, 6) is -0.261. The van der Waals surface area contributed by atoms with Crippen molar-refractivity contribution in [1.29, 1.82) is 0 Å². The number of hydrogen-bond acceptors (Lipinski definition) is 4. The molecular weight excluding hydrogens is 346 g/mol. The van der Waals surface area contributed by atoms with E-state index in [1.807, 2.05) is 29.6 Å². The molecule has 1 aliphatic rings. The number of anilines is 1. The van der Waals surface area contributed by atoms with Crippen molar-refractivity contribution in [2.75, 3.05) is 18.5 Å². The number of benzene rings is 1. The number of amides is 2. The average molecular weight is 372 g/mol. The molecule has 1 aromatic carbocycles. The highest BCUT2D eigenvalue weighted by Gasteiger charge is 2.36. The number of aromatic nitrogens is 1. The first-order valence-corrected chi connectivity index (χ1v) is 9.97. The van der Waals surface area contributed by atoms with Crippen LogP contribution in [0, 0.1) is 5.92 Å². The van der Waals surface area contributed by atoms with E-state index in [1.54, 1.807) is 28.2 Å². The van der Waals surface area contributed by atoms with Gasteiger partial charge in [0.1, 0.15) is 0 Å². The predicted octanol–water partition coefficient (Wildman–Crippen LogP) is 3.28. The zero-order chi connectivity index (χ0) is 18.7. The molecule has 6 heteroatoms. The molecule has 1 unspecified atom stereocenters. The van der Waals surface area contributed by atoms with E-state index in [-0.39, 0.29) is 24.2 Å². The summed E-state index contributed by atoms with van der Waals surface area (Å²) < 4.78 is 0. The zero-order valence-electron chi connectivity index (χ0n) is 15.6. The van der Waals surface area contributed by atoms with E-state index in [0.717, 1.165) is 29.2 Å². The van der Waals surface area contributed by atoms with E-state index in [9.17, 15) is 9.59 Å². The summed E-state index contributed by atoms with van der Waals surface area (Å²) in [5.41, 5.74) is 3.03. The van der Waals surface area contributed by atoms with Crippen LogP contribution in [0.5, 0.6) is 0 Å². The minimum Gasteiger partial charge on any atom is -0.340 e. The fraction of sp³-hybridized carbons (Fsp3) is 0.450. The quantitative estimate of drug-likeness (QED) is 0.783. The predicted molar refractivity (Wildman–Crippen MR) is 104 cm³/mol. The average Bonchev–Trinajstić information content (AvgIpc) is 3.27. The maximum absolute atomic E-state index is 12.8. The third-order valence-corrected chi connectivity index (χ3v) is 5.85. The maximum atomic E-state index is 12.8. The molecule has 0 bridgehead atoms. The van der Waals surface area contributed by atoms with E-state index in [1.165, 1.54) is 5.56 Å². The second-order valence-electron chi connectivity index (χ2n) is 6.71. The fourth-order valence-electron chi connectivity index (χ4n) is 3.25. The highest BCUT2D eigenvalue weighted by atomic mass is 32.1. The number of carbonyl (C=O) groups excluding carboxylic acids is 2. The van der Waals surface area contributed by atoms with E-state index in [0.29, 0.717) is 13.1 Å². The van der Waals surface area contributed by atoms with Crippen LogP contribution in [0.2, 0.25) is 0 Å². The third kappa shape index (κ3) is 3.96. The van der Waals surface area contributed by atoms with Crippen LogP contribution in [0.3, 0.4) is 0 Å². The van der Waals surface area contributed by atoms with Gasteiger partial charge in [-0.25, -0.2) is 4.98 Å². The zero-order valence-corrected chi connectivity index (χ0v) is 16.4. The van der Waals surface area contributed by atoms with Gasteiger partial charge in [0.15, 0.2) is 0 Å². The van der Waals surface area contributed by atoms with Gasteiger partial charge in [-0.2, -0.15) is 0 Å². The molecule has 1 aromatic heterocycles. The summed E-state index contributed by atoms with van der Waals surface area (Å²) in [5, 5.41) is 3.09. The first kappa shape index (κ1) is 18.6. The minimum absolute atomic E-state index is 0.0112. The van der Waals surface area contributed by atoms with Crippen LogP contribution in [-0.4, -0.2) is 35.3 Å². The van der Waals surface area contributed by atoms with E-state index in [4.69, 9.17) is 0 Å². The van der Waals surface area contributed by atoms with Gasteiger partial charge >= 0.3 is 0 Å². The topological polar surface area (TPSA) is 53.5 Å². The first-order chi connectivity index (χ1) is 12.5. The molecule has 1 fully saturated rings. The van der Waals surface area contributed by atoms with Crippen molar-refractivity contribution in [3.05, 3.63) is 45.9 Å². The normalized spacial score (nSPS) is 17.0. The van der Waals surface area contributed by atoms with Crippen LogP contribution < -0.4 is 4.90 Å². The lowest BCUT2D eigenvalue weighted by molar-refractivity contribution is -0.135. The van der Waals surface area contributed by atoms with Gasteiger partial charge < -0.3 is 9.80 Å². The summed E-state index contributed by atoms with van der Waals surface area (Å²) in [7, 11) is 1.79. The second-order valence-corrected chi connectivity index (χ2v) is 7.65. The highest BCUT2D eigenvalue weighted by molar-refractivity contribution is 7.09. The molecule has 0 N–H and O–H groups in total. The van der Waals surface area contributed by atoms with Gasteiger partial charge in [-0.3, -0.25) is 9.59 Å². The molecule has 0 spiro atoms. The van der Waals surface area contributed by atoms with Gasteiger partial charge in [-0.1, -0.05) is 26.0 Å². The Bertz CT molecular complexity index is 785. The molecule has 1 aliphatic heterocycles. The molecule has 1 atom stereocenters. The van der Waals surface area contributed by atoms with Crippen LogP contribution in [0.25, 0.3) is 0 Å². The molecule has 3 rings (SSSR count). The van der Waals surface area contributed by atoms with Crippen LogP contribution in [0.15, 0.2) is 29.6 Å². The Kier molecular flexibility index (Phi) is 5.71. The molecule has 138 valence electrons. The van der Waals surface area contributed by atoms with Gasteiger partial charge in [-0.05, 0) is 30.5 Å². The molecule has 0 saturated carbocycles. The van der Waals surface area contributed by atoms with Crippen LogP contribution in [-0.2, 0) is 29.0 Å². The van der Waals surface area contributed by atoms with E-state index >= 15 is 0 Å². The van der Waals surface area contributed by atoms with Gasteiger partial charge in [0.25, 0.3) is 0 Å². The van der Waals surface area contributed by atoms with E-state index in [2.05, 4.69) is 18.8 Å². The molecule has 0 radical (unpaired) electrons. The van der Waals surface area contributed by atoms with Crippen LogP contribution in [0.4, 0.5) is 5.69 Å². The molecule has 2 amide bonds. The lowest BCUT2D eigenvalue weighted by Gasteiger charge is -2.21. The lowest BCUT2D eigenvalue weighted by Crippen LogP contribution is -2.34. The molecule has 26 heavy (non-hydrogen) atoms. The standard InChI is InChI=1S/C20H25N3O2S/c1-4-14-6-8-17(9-7-14)23-11-15(10-19(23)24)20(25)22(3)12-16-13-26-18(5-2)21-16/h6-9,13,15H,4-5,10-12H2,1-3H3. The Morgan fingerprint density at radius 1 is 1.27 bits per heavy atom. The van der Waals surface area contributed by atoms with Crippen molar-refractivity contribution in [1.82, 2.24) is 9.88 Å². The summed E-state index contributed by atoms with van der Waals surface area (Å²) in [4.78, 5) is 33.1. The molecule has 2 heterocycles. The number of hydrogen-bond donors (Lipinski definition) is 0. The Labute approximate surface area is 158 Å². The minimum atomic E-state index is -0.289. The monoisotopic (exact) mass is 371 g/mol. The maximum Gasteiger partial charge on any atom is 0.228 e. The number of nitrogens with zero attached hydrogens (tertiary/aromatic N) is 3. The number of carbonyl (C=O) groups is 2.